The third-order valence-electron chi connectivity index (χ3n) is 1.96. The van der Waals surface area contributed by atoms with Crippen LogP contribution in [0.15, 0.2) is 0 Å². The summed E-state index contributed by atoms with van der Waals surface area (Å²) in [5.41, 5.74) is 0. The maximum atomic E-state index is 11.1. The molecule has 0 aliphatic heterocycles. The van der Waals surface area contributed by atoms with Crippen LogP contribution in [0, 0.1) is 0 Å². The van der Waals surface area contributed by atoms with Gasteiger partial charge in [-0.25, -0.2) is 0 Å². The molecule has 1 atom stereocenters. The van der Waals surface area contributed by atoms with Crippen LogP contribution >= 0.6 is 22.6 Å². The van der Waals surface area contributed by atoms with Crippen molar-refractivity contribution in [3.8, 4) is 0 Å². The lowest BCUT2D eigenvalue weighted by Crippen LogP contribution is -2.09. The quantitative estimate of drug-likeness (QED) is 0.295. The van der Waals surface area contributed by atoms with Gasteiger partial charge in [0.15, 0.2) is 0 Å². The molecule has 0 heterocycles. The van der Waals surface area contributed by atoms with Crippen molar-refractivity contribution in [3.63, 3.8) is 0 Å². The lowest BCUT2D eigenvalue weighted by Gasteiger charge is -2.05. The Morgan fingerprint density at radius 3 is 2.50 bits per heavy atom. The largest absolute Gasteiger partial charge is 0.466 e. The third-order valence-corrected chi connectivity index (χ3v) is 2.40. The second kappa shape index (κ2) is 9.74. The van der Waals surface area contributed by atoms with E-state index in [2.05, 4.69) is 29.5 Å². The summed E-state index contributed by atoms with van der Waals surface area (Å²) in [6.07, 6.45) is 6.54. The van der Waals surface area contributed by atoms with Crippen LogP contribution in [0.25, 0.3) is 0 Å². The predicted molar refractivity (Wildman–Crippen MR) is 67.8 cm³/mol. The van der Waals surface area contributed by atoms with Gasteiger partial charge in [0, 0.05) is 3.92 Å². The zero-order valence-electron chi connectivity index (χ0n) is 9.22. The summed E-state index contributed by atoms with van der Waals surface area (Å²) in [4.78, 5) is 11.1. The predicted octanol–water partition coefficient (Wildman–Crippen LogP) is 3.71. The molecule has 0 aromatic heterocycles. The van der Waals surface area contributed by atoms with Crippen LogP contribution in [0.1, 0.15) is 52.4 Å². The monoisotopic (exact) mass is 312 g/mol. The maximum Gasteiger partial charge on any atom is 0.306 e. The molecule has 0 rings (SSSR count). The van der Waals surface area contributed by atoms with Gasteiger partial charge in [0.05, 0.1) is 13.0 Å². The average Bonchev–Trinajstić information content (AvgIpc) is 2.10. The number of halogens is 1. The molecule has 0 bridgehead atoms. The number of ether oxygens (including phenoxy) is 1. The van der Waals surface area contributed by atoms with E-state index in [-0.39, 0.29) is 5.97 Å². The van der Waals surface area contributed by atoms with Crippen LogP contribution in [-0.2, 0) is 9.53 Å². The Morgan fingerprint density at radius 1 is 1.29 bits per heavy atom. The van der Waals surface area contributed by atoms with Gasteiger partial charge in [-0.3, -0.25) is 4.79 Å². The van der Waals surface area contributed by atoms with Crippen molar-refractivity contribution in [2.45, 2.75) is 56.3 Å². The molecule has 0 fully saturated rings. The second-order valence-electron chi connectivity index (χ2n) is 3.62. The van der Waals surface area contributed by atoms with Crippen LogP contribution in [-0.4, -0.2) is 16.5 Å². The number of hydrogen-bond acceptors (Lipinski definition) is 2. The van der Waals surface area contributed by atoms with E-state index in [1.54, 1.807) is 0 Å². The highest BCUT2D eigenvalue weighted by atomic mass is 127. The van der Waals surface area contributed by atoms with Gasteiger partial charge in [-0.2, -0.15) is 0 Å². The summed E-state index contributed by atoms with van der Waals surface area (Å²) in [7, 11) is 0. The molecule has 0 radical (unpaired) electrons. The molecule has 84 valence electrons. The average molecular weight is 312 g/mol. The molecule has 0 aromatic carbocycles. The van der Waals surface area contributed by atoms with E-state index in [0.717, 1.165) is 6.42 Å². The van der Waals surface area contributed by atoms with Crippen molar-refractivity contribution in [1.82, 2.24) is 0 Å². The summed E-state index contributed by atoms with van der Waals surface area (Å²) < 4.78 is 5.46. The highest BCUT2D eigenvalue weighted by Gasteiger charge is 2.06. The summed E-state index contributed by atoms with van der Waals surface area (Å²) in [6, 6.07) is 0. The molecule has 0 aliphatic carbocycles. The minimum atomic E-state index is -0.0533. The minimum Gasteiger partial charge on any atom is -0.466 e. The highest BCUT2D eigenvalue weighted by molar-refractivity contribution is 14.1. The fraction of sp³-hybridized carbons (Fsp3) is 0.909. The van der Waals surface area contributed by atoms with Crippen LogP contribution in [0.4, 0.5) is 0 Å². The Labute approximate surface area is 101 Å². The third kappa shape index (κ3) is 10.3. The number of esters is 1. The van der Waals surface area contributed by atoms with E-state index < -0.39 is 0 Å². The smallest absolute Gasteiger partial charge is 0.306 e. The topological polar surface area (TPSA) is 26.3 Å². The molecule has 1 unspecified atom stereocenters. The van der Waals surface area contributed by atoms with E-state index in [0.29, 0.717) is 17.0 Å². The lowest BCUT2D eigenvalue weighted by atomic mass is 10.2. The molecule has 0 saturated carbocycles. The van der Waals surface area contributed by atoms with Gasteiger partial charge in [-0.1, -0.05) is 62.1 Å². The Hall–Kier alpha value is 0.200. The molecule has 14 heavy (non-hydrogen) atoms. The molecule has 0 aliphatic rings. The lowest BCUT2D eigenvalue weighted by molar-refractivity contribution is -0.143. The van der Waals surface area contributed by atoms with Gasteiger partial charge in [0.25, 0.3) is 0 Å². The van der Waals surface area contributed by atoms with Gasteiger partial charge < -0.3 is 4.74 Å². The molecule has 0 aromatic rings. The van der Waals surface area contributed by atoms with E-state index in [1.165, 1.54) is 25.7 Å². The second-order valence-corrected chi connectivity index (χ2v) is 5.75. The van der Waals surface area contributed by atoms with Gasteiger partial charge in [-0.15, -0.1) is 0 Å². The summed E-state index contributed by atoms with van der Waals surface area (Å²) in [5.74, 6) is -0.0533. The fourth-order valence-corrected chi connectivity index (χ4v) is 1.54. The van der Waals surface area contributed by atoms with Crippen molar-refractivity contribution in [2.24, 2.45) is 0 Å². The van der Waals surface area contributed by atoms with Gasteiger partial charge in [-0.05, 0) is 6.42 Å². The van der Waals surface area contributed by atoms with Crippen LogP contribution < -0.4 is 0 Å². The van der Waals surface area contributed by atoms with Crippen molar-refractivity contribution >= 4 is 28.6 Å². The molecule has 2 nitrogen and oxygen atoms in total. The Morgan fingerprint density at radius 2 is 1.93 bits per heavy atom. The Bertz CT molecular complexity index is 146. The molecular formula is C11H21IO2. The van der Waals surface area contributed by atoms with E-state index in [9.17, 15) is 4.79 Å². The fourth-order valence-electron chi connectivity index (χ4n) is 1.18. The van der Waals surface area contributed by atoms with Gasteiger partial charge in [0.2, 0.25) is 0 Å². The molecular weight excluding hydrogens is 291 g/mol. The number of hydrogen-bond donors (Lipinski definition) is 0. The van der Waals surface area contributed by atoms with Crippen molar-refractivity contribution in [3.05, 3.63) is 0 Å². The number of carbonyl (C=O) groups is 1. The highest BCUT2D eigenvalue weighted by Crippen LogP contribution is 2.06. The minimum absolute atomic E-state index is 0.0533. The first-order valence-electron chi connectivity index (χ1n) is 5.46. The SMILES string of the molecule is CCCCCCCOC(=O)CC(C)I. The number of alkyl halides is 1. The van der Waals surface area contributed by atoms with E-state index in [4.69, 9.17) is 4.74 Å². The Kier molecular flexibility index (Phi) is 9.88. The zero-order chi connectivity index (χ0) is 10.8. The molecule has 0 saturated heterocycles. The summed E-state index contributed by atoms with van der Waals surface area (Å²) >= 11 is 2.24. The van der Waals surface area contributed by atoms with E-state index in [1.807, 2.05) is 6.92 Å². The number of rotatable bonds is 8. The number of carbonyl (C=O) groups excluding carboxylic acids is 1. The molecule has 3 heteroatoms. The van der Waals surface area contributed by atoms with Crippen LogP contribution in [0.2, 0.25) is 0 Å². The van der Waals surface area contributed by atoms with Crippen LogP contribution in [0.5, 0.6) is 0 Å². The van der Waals surface area contributed by atoms with Gasteiger partial charge in [0.1, 0.15) is 0 Å². The molecule has 0 amide bonds. The van der Waals surface area contributed by atoms with Crippen molar-refractivity contribution < 1.29 is 9.53 Å². The van der Waals surface area contributed by atoms with Crippen molar-refractivity contribution in [1.29, 1.82) is 0 Å². The first-order chi connectivity index (χ1) is 6.66. The van der Waals surface area contributed by atoms with Crippen LogP contribution in [0.3, 0.4) is 0 Å². The first kappa shape index (κ1) is 14.2. The zero-order valence-corrected chi connectivity index (χ0v) is 11.4. The maximum absolute atomic E-state index is 11.1. The normalized spacial score (nSPS) is 12.5. The summed E-state index contributed by atoms with van der Waals surface area (Å²) in [6.45, 7) is 4.82. The molecule has 0 N–H and O–H groups in total. The number of unbranched alkanes of at least 4 members (excludes halogenated alkanes) is 4. The standard InChI is InChI=1S/C11H21IO2/c1-3-4-5-6-7-8-14-11(13)9-10(2)12/h10H,3-9H2,1-2H3. The Balaban J connectivity index is 3.15. The van der Waals surface area contributed by atoms with E-state index >= 15 is 0 Å². The van der Waals surface area contributed by atoms with Gasteiger partial charge >= 0.3 is 5.97 Å². The molecule has 0 spiro atoms. The summed E-state index contributed by atoms with van der Waals surface area (Å²) in [5, 5.41) is 0. The first-order valence-corrected chi connectivity index (χ1v) is 6.71. The van der Waals surface area contributed by atoms with Crippen molar-refractivity contribution in [2.75, 3.05) is 6.61 Å².